The summed E-state index contributed by atoms with van der Waals surface area (Å²) in [6, 6.07) is 15.8. The highest BCUT2D eigenvalue weighted by Crippen LogP contribution is 2.24. The monoisotopic (exact) mass is 446 g/mol. The molecular weight excluding hydrogens is 416 g/mol. The van der Waals surface area contributed by atoms with E-state index in [1.54, 1.807) is 0 Å². The minimum absolute atomic E-state index is 0.0340. The molecule has 1 amide bonds. The molecule has 4 nitrogen and oxygen atoms in total. The first-order valence-electron chi connectivity index (χ1n) is 9.71. The molecule has 2 N–H and O–H groups in total. The van der Waals surface area contributed by atoms with Crippen LogP contribution in [0, 0.1) is 0 Å². The second-order valence-corrected chi connectivity index (χ2v) is 9.03. The highest BCUT2D eigenvalue weighted by molar-refractivity contribution is 9.10. The fourth-order valence-electron chi connectivity index (χ4n) is 3.44. The highest BCUT2D eigenvalue weighted by Gasteiger charge is 2.22. The average Bonchev–Trinajstić information content (AvgIpc) is 2.59. The Hall–Kier alpha value is -1.85. The molecular formula is C23H31BrN2O2. The van der Waals surface area contributed by atoms with Gasteiger partial charge in [0.15, 0.2) is 0 Å². The summed E-state index contributed by atoms with van der Waals surface area (Å²) in [6.07, 6.45) is 0.856. The maximum atomic E-state index is 12.5. The molecule has 0 fully saturated rings. The third kappa shape index (κ3) is 7.28. The van der Waals surface area contributed by atoms with Crippen LogP contribution in [0.1, 0.15) is 57.0 Å². The van der Waals surface area contributed by atoms with E-state index in [0.29, 0.717) is 18.2 Å². The van der Waals surface area contributed by atoms with Crippen LogP contribution in [-0.2, 0) is 6.61 Å². The summed E-state index contributed by atoms with van der Waals surface area (Å²) in [4.78, 5) is 12.5. The van der Waals surface area contributed by atoms with Crippen LogP contribution < -0.4 is 15.4 Å². The highest BCUT2D eigenvalue weighted by atomic mass is 79.9. The van der Waals surface area contributed by atoms with Gasteiger partial charge in [-0.3, -0.25) is 4.79 Å². The van der Waals surface area contributed by atoms with Crippen molar-refractivity contribution >= 4 is 21.8 Å². The van der Waals surface area contributed by atoms with E-state index in [9.17, 15) is 4.79 Å². The quantitative estimate of drug-likeness (QED) is 0.548. The maximum absolute atomic E-state index is 12.5. The SMILES string of the molecule is CC(C)NC(C)(C)CC(C)NC(=O)c1ccc(COc2ccccc2Br)cc1. The molecule has 0 heterocycles. The van der Waals surface area contributed by atoms with Crippen molar-refractivity contribution in [1.82, 2.24) is 10.6 Å². The standard InChI is InChI=1S/C23H31BrN2O2/c1-16(2)26-23(4,5)14-17(3)25-22(27)19-12-10-18(11-13-19)15-28-21-9-7-6-8-20(21)24/h6-13,16-17,26H,14-15H2,1-5H3,(H,25,27). The van der Waals surface area contributed by atoms with Crippen LogP contribution in [0.25, 0.3) is 0 Å². The summed E-state index contributed by atoms with van der Waals surface area (Å²) >= 11 is 3.47. The molecule has 0 radical (unpaired) electrons. The smallest absolute Gasteiger partial charge is 0.251 e. The van der Waals surface area contributed by atoms with Gasteiger partial charge in [-0.25, -0.2) is 0 Å². The van der Waals surface area contributed by atoms with E-state index in [2.05, 4.69) is 54.3 Å². The van der Waals surface area contributed by atoms with Gasteiger partial charge in [-0.15, -0.1) is 0 Å². The predicted molar refractivity (Wildman–Crippen MR) is 119 cm³/mol. The Bertz CT molecular complexity index is 772. The first-order valence-corrected chi connectivity index (χ1v) is 10.5. The van der Waals surface area contributed by atoms with E-state index in [1.807, 2.05) is 55.5 Å². The van der Waals surface area contributed by atoms with Crippen molar-refractivity contribution in [2.24, 2.45) is 0 Å². The molecule has 0 aliphatic rings. The molecule has 1 atom stereocenters. The first-order chi connectivity index (χ1) is 13.2. The second-order valence-electron chi connectivity index (χ2n) is 8.18. The summed E-state index contributed by atoms with van der Waals surface area (Å²) < 4.78 is 6.75. The normalized spacial score (nSPS) is 12.7. The number of ether oxygens (including phenoxy) is 1. The molecule has 0 aromatic heterocycles. The van der Waals surface area contributed by atoms with Crippen molar-refractivity contribution in [2.45, 2.75) is 65.3 Å². The van der Waals surface area contributed by atoms with Crippen LogP contribution in [0.3, 0.4) is 0 Å². The molecule has 0 aliphatic carbocycles. The van der Waals surface area contributed by atoms with Crippen molar-refractivity contribution in [2.75, 3.05) is 0 Å². The van der Waals surface area contributed by atoms with Gasteiger partial charge in [-0.1, -0.05) is 38.1 Å². The fraction of sp³-hybridized carbons (Fsp3) is 0.435. The largest absolute Gasteiger partial charge is 0.488 e. The van der Waals surface area contributed by atoms with Gasteiger partial charge in [0.05, 0.1) is 4.47 Å². The zero-order valence-corrected chi connectivity index (χ0v) is 19.0. The summed E-state index contributed by atoms with van der Waals surface area (Å²) in [5.41, 5.74) is 1.64. The molecule has 0 bridgehead atoms. The van der Waals surface area contributed by atoms with Gasteiger partial charge < -0.3 is 15.4 Å². The van der Waals surface area contributed by atoms with E-state index in [0.717, 1.165) is 22.2 Å². The molecule has 152 valence electrons. The lowest BCUT2D eigenvalue weighted by molar-refractivity contribution is 0.0932. The average molecular weight is 447 g/mol. The lowest BCUT2D eigenvalue weighted by Gasteiger charge is -2.32. The maximum Gasteiger partial charge on any atom is 0.251 e. The number of benzene rings is 2. The van der Waals surface area contributed by atoms with Crippen molar-refractivity contribution in [3.05, 3.63) is 64.1 Å². The summed E-state index contributed by atoms with van der Waals surface area (Å²) in [7, 11) is 0. The summed E-state index contributed by atoms with van der Waals surface area (Å²) in [5.74, 6) is 0.752. The number of carbonyl (C=O) groups excluding carboxylic acids is 1. The Morgan fingerprint density at radius 1 is 1.07 bits per heavy atom. The third-order valence-corrected chi connectivity index (χ3v) is 4.98. The Kier molecular flexibility index (Phi) is 8.08. The summed E-state index contributed by atoms with van der Waals surface area (Å²) in [5, 5.41) is 6.63. The predicted octanol–water partition coefficient (Wildman–Crippen LogP) is 5.31. The molecule has 5 heteroatoms. The Morgan fingerprint density at radius 2 is 1.71 bits per heavy atom. The van der Waals surface area contributed by atoms with Gasteiger partial charge in [0.2, 0.25) is 0 Å². The van der Waals surface area contributed by atoms with Crippen molar-refractivity contribution in [3.8, 4) is 5.75 Å². The van der Waals surface area contributed by atoms with Gasteiger partial charge in [0, 0.05) is 23.2 Å². The fourth-order valence-corrected chi connectivity index (χ4v) is 3.84. The van der Waals surface area contributed by atoms with E-state index < -0.39 is 0 Å². The second kappa shape index (κ2) is 10.1. The molecule has 0 saturated carbocycles. The Labute approximate surface area is 177 Å². The zero-order valence-electron chi connectivity index (χ0n) is 17.4. The van der Waals surface area contributed by atoms with Crippen LogP contribution in [0.2, 0.25) is 0 Å². The number of carbonyl (C=O) groups is 1. The molecule has 0 saturated heterocycles. The number of rotatable bonds is 9. The molecule has 0 spiro atoms. The van der Waals surface area contributed by atoms with E-state index >= 15 is 0 Å². The van der Waals surface area contributed by atoms with Crippen LogP contribution >= 0.6 is 15.9 Å². The third-order valence-electron chi connectivity index (χ3n) is 4.32. The van der Waals surface area contributed by atoms with E-state index in [1.165, 1.54) is 0 Å². The zero-order chi connectivity index (χ0) is 20.7. The van der Waals surface area contributed by atoms with Gasteiger partial charge in [-0.05, 0) is 73.0 Å². The van der Waals surface area contributed by atoms with Gasteiger partial charge in [0.1, 0.15) is 12.4 Å². The molecule has 2 aromatic rings. The van der Waals surface area contributed by atoms with Crippen LogP contribution in [0.4, 0.5) is 0 Å². The number of nitrogens with one attached hydrogen (secondary N) is 2. The van der Waals surface area contributed by atoms with Gasteiger partial charge in [-0.2, -0.15) is 0 Å². The van der Waals surface area contributed by atoms with Gasteiger partial charge >= 0.3 is 0 Å². The molecule has 1 unspecified atom stereocenters. The van der Waals surface area contributed by atoms with Crippen LogP contribution in [0.5, 0.6) is 5.75 Å². The molecule has 0 aliphatic heterocycles. The van der Waals surface area contributed by atoms with E-state index in [-0.39, 0.29) is 17.5 Å². The van der Waals surface area contributed by atoms with Crippen molar-refractivity contribution in [1.29, 1.82) is 0 Å². The summed E-state index contributed by atoms with van der Waals surface area (Å²) in [6.45, 7) is 11.1. The van der Waals surface area contributed by atoms with E-state index in [4.69, 9.17) is 4.74 Å². The number of hydrogen-bond donors (Lipinski definition) is 2. The topological polar surface area (TPSA) is 50.4 Å². The molecule has 2 aromatic carbocycles. The number of para-hydroxylation sites is 1. The van der Waals surface area contributed by atoms with Crippen LogP contribution in [-0.4, -0.2) is 23.5 Å². The van der Waals surface area contributed by atoms with Crippen LogP contribution in [0.15, 0.2) is 53.0 Å². The van der Waals surface area contributed by atoms with Crippen molar-refractivity contribution < 1.29 is 9.53 Å². The number of amides is 1. The lowest BCUT2D eigenvalue weighted by Crippen LogP contribution is -2.48. The van der Waals surface area contributed by atoms with Crippen molar-refractivity contribution in [3.63, 3.8) is 0 Å². The lowest BCUT2D eigenvalue weighted by atomic mass is 9.95. The molecule has 2 rings (SSSR count). The Morgan fingerprint density at radius 3 is 2.32 bits per heavy atom. The molecule has 28 heavy (non-hydrogen) atoms. The van der Waals surface area contributed by atoms with Gasteiger partial charge in [0.25, 0.3) is 5.91 Å². The number of hydrogen-bond acceptors (Lipinski definition) is 3. The minimum atomic E-state index is -0.0499. The first kappa shape index (κ1) is 22.4. The Balaban J connectivity index is 1.88. The number of halogens is 1. The minimum Gasteiger partial charge on any atom is -0.488 e.